The van der Waals surface area contributed by atoms with Gasteiger partial charge in [0.1, 0.15) is 0 Å². The highest BCUT2D eigenvalue weighted by molar-refractivity contribution is 7.86. The fourth-order valence-corrected chi connectivity index (χ4v) is 2.87. The molecule has 0 aromatic rings. The van der Waals surface area contributed by atoms with Crippen molar-refractivity contribution in [2.24, 2.45) is 5.41 Å². The van der Waals surface area contributed by atoms with E-state index in [0.29, 0.717) is 0 Å². The van der Waals surface area contributed by atoms with E-state index in [2.05, 4.69) is 0 Å². The van der Waals surface area contributed by atoms with Crippen molar-refractivity contribution in [3.8, 4) is 0 Å². The zero-order chi connectivity index (χ0) is 11.7. The molecule has 0 bridgehead atoms. The first-order chi connectivity index (χ1) is 6.62. The van der Waals surface area contributed by atoms with E-state index in [4.69, 9.17) is 9.11 Å². The van der Waals surface area contributed by atoms with E-state index in [9.17, 15) is 16.8 Å². The molecule has 1 saturated carbocycles. The standard InChI is InChI=1S/C7H14O6S2/c8-14(9,10)5-3-7(1-2-7)4-6-15(11,12)13/h1-6H2,(H,8,9,10)(H,11,12,13). The Bertz CT molecular complexity index is 378. The summed E-state index contributed by atoms with van der Waals surface area (Å²) in [6.45, 7) is 0. The predicted molar refractivity (Wildman–Crippen MR) is 53.7 cm³/mol. The first-order valence-electron chi connectivity index (χ1n) is 4.52. The summed E-state index contributed by atoms with van der Waals surface area (Å²) in [6.07, 6.45) is 2.00. The third kappa shape index (κ3) is 5.45. The molecule has 0 aromatic heterocycles. The molecular formula is C7H14O6S2. The van der Waals surface area contributed by atoms with Crippen LogP contribution in [0.1, 0.15) is 25.7 Å². The topological polar surface area (TPSA) is 109 Å². The monoisotopic (exact) mass is 258 g/mol. The van der Waals surface area contributed by atoms with E-state index in [-0.39, 0.29) is 29.8 Å². The lowest BCUT2D eigenvalue weighted by Crippen LogP contribution is -2.15. The fourth-order valence-electron chi connectivity index (χ4n) is 1.49. The second-order valence-corrected chi connectivity index (χ2v) is 7.22. The van der Waals surface area contributed by atoms with Crippen LogP contribution in [0.15, 0.2) is 0 Å². The van der Waals surface area contributed by atoms with Crippen LogP contribution in [-0.2, 0) is 20.2 Å². The molecule has 6 nitrogen and oxygen atoms in total. The molecule has 0 aliphatic heterocycles. The van der Waals surface area contributed by atoms with Crippen LogP contribution in [0.2, 0.25) is 0 Å². The molecule has 90 valence electrons. The number of rotatable bonds is 6. The Kier molecular flexibility index (Phi) is 3.44. The van der Waals surface area contributed by atoms with Gasteiger partial charge in [-0.3, -0.25) is 9.11 Å². The summed E-state index contributed by atoms with van der Waals surface area (Å²) in [5.74, 6) is -0.697. The summed E-state index contributed by atoms with van der Waals surface area (Å²) in [4.78, 5) is 0. The van der Waals surface area contributed by atoms with Crippen molar-refractivity contribution in [2.45, 2.75) is 25.7 Å². The van der Waals surface area contributed by atoms with Crippen LogP contribution in [0.5, 0.6) is 0 Å². The Hall–Kier alpha value is -0.180. The molecule has 0 spiro atoms. The molecule has 0 unspecified atom stereocenters. The first kappa shape index (κ1) is 12.9. The molecule has 1 aliphatic rings. The van der Waals surface area contributed by atoms with Crippen molar-refractivity contribution in [1.82, 2.24) is 0 Å². The van der Waals surface area contributed by atoms with Crippen molar-refractivity contribution in [1.29, 1.82) is 0 Å². The maximum Gasteiger partial charge on any atom is 0.264 e. The zero-order valence-corrected chi connectivity index (χ0v) is 9.72. The predicted octanol–water partition coefficient (Wildman–Crippen LogP) is 0.322. The van der Waals surface area contributed by atoms with E-state index in [1.165, 1.54) is 0 Å². The van der Waals surface area contributed by atoms with Gasteiger partial charge in [-0.15, -0.1) is 0 Å². The quantitative estimate of drug-likeness (QED) is 0.664. The van der Waals surface area contributed by atoms with Crippen LogP contribution in [0.4, 0.5) is 0 Å². The molecule has 1 rings (SSSR count). The lowest BCUT2D eigenvalue weighted by atomic mass is 10.0. The van der Waals surface area contributed by atoms with E-state index in [0.717, 1.165) is 12.8 Å². The maximum atomic E-state index is 10.5. The van der Waals surface area contributed by atoms with Crippen LogP contribution in [0.3, 0.4) is 0 Å². The Morgan fingerprint density at radius 3 is 1.40 bits per heavy atom. The van der Waals surface area contributed by atoms with Gasteiger partial charge in [-0.05, 0) is 31.1 Å². The summed E-state index contributed by atoms with van der Waals surface area (Å²) < 4.78 is 59.1. The minimum Gasteiger partial charge on any atom is -0.286 e. The van der Waals surface area contributed by atoms with Crippen molar-refractivity contribution in [3.05, 3.63) is 0 Å². The molecule has 0 radical (unpaired) electrons. The summed E-state index contributed by atoms with van der Waals surface area (Å²) in [5, 5.41) is 0. The van der Waals surface area contributed by atoms with E-state index >= 15 is 0 Å². The molecule has 0 saturated heterocycles. The van der Waals surface area contributed by atoms with Crippen LogP contribution in [-0.4, -0.2) is 37.4 Å². The second-order valence-electron chi connectivity index (χ2n) is 4.07. The van der Waals surface area contributed by atoms with E-state index < -0.39 is 20.2 Å². The highest BCUT2D eigenvalue weighted by Gasteiger charge is 2.43. The minimum atomic E-state index is -3.98. The van der Waals surface area contributed by atoms with Crippen molar-refractivity contribution in [3.63, 3.8) is 0 Å². The maximum absolute atomic E-state index is 10.5. The van der Waals surface area contributed by atoms with Gasteiger partial charge in [-0.1, -0.05) is 0 Å². The van der Waals surface area contributed by atoms with Crippen LogP contribution >= 0.6 is 0 Å². The molecule has 2 N–H and O–H groups in total. The van der Waals surface area contributed by atoms with Crippen LogP contribution in [0.25, 0.3) is 0 Å². The largest absolute Gasteiger partial charge is 0.286 e. The van der Waals surface area contributed by atoms with Crippen molar-refractivity contribution >= 4 is 20.2 Å². The van der Waals surface area contributed by atoms with Gasteiger partial charge >= 0.3 is 0 Å². The SMILES string of the molecule is O=S(=O)(O)CCC1(CCS(=O)(=O)O)CC1. The molecule has 0 atom stereocenters. The molecule has 0 aromatic carbocycles. The lowest BCUT2D eigenvalue weighted by molar-refractivity contribution is 0.431. The average Bonchev–Trinajstić information content (AvgIpc) is 2.76. The Labute approximate surface area is 89.2 Å². The molecule has 0 amide bonds. The second kappa shape index (κ2) is 4.00. The Balaban J connectivity index is 2.41. The average molecular weight is 258 g/mol. The summed E-state index contributed by atoms with van der Waals surface area (Å²) in [6, 6.07) is 0. The lowest BCUT2D eigenvalue weighted by Gasteiger charge is -2.12. The van der Waals surface area contributed by atoms with Crippen LogP contribution < -0.4 is 0 Å². The Morgan fingerprint density at radius 1 is 0.867 bits per heavy atom. The molecule has 1 aliphatic carbocycles. The zero-order valence-electron chi connectivity index (χ0n) is 8.09. The molecule has 8 heteroatoms. The number of hydrogen-bond donors (Lipinski definition) is 2. The molecular weight excluding hydrogens is 244 g/mol. The van der Waals surface area contributed by atoms with Crippen LogP contribution in [0, 0.1) is 5.41 Å². The third-order valence-electron chi connectivity index (χ3n) is 2.74. The third-order valence-corrected chi connectivity index (χ3v) is 4.18. The Morgan fingerprint density at radius 2 is 1.20 bits per heavy atom. The fraction of sp³-hybridized carbons (Fsp3) is 1.00. The van der Waals surface area contributed by atoms with Gasteiger partial charge in [0, 0.05) is 0 Å². The minimum absolute atomic E-state index is 0.251. The first-order valence-corrected chi connectivity index (χ1v) is 7.74. The van der Waals surface area contributed by atoms with Gasteiger partial charge in [0.2, 0.25) is 0 Å². The normalized spacial score (nSPS) is 20.1. The smallest absolute Gasteiger partial charge is 0.264 e. The van der Waals surface area contributed by atoms with Crippen molar-refractivity contribution in [2.75, 3.05) is 11.5 Å². The van der Waals surface area contributed by atoms with Gasteiger partial charge in [-0.2, -0.15) is 16.8 Å². The highest BCUT2D eigenvalue weighted by atomic mass is 32.2. The van der Waals surface area contributed by atoms with Gasteiger partial charge < -0.3 is 0 Å². The van der Waals surface area contributed by atoms with Gasteiger partial charge in [-0.25, -0.2) is 0 Å². The highest BCUT2D eigenvalue weighted by Crippen LogP contribution is 2.52. The molecule has 1 fully saturated rings. The van der Waals surface area contributed by atoms with E-state index in [1.807, 2.05) is 0 Å². The van der Waals surface area contributed by atoms with Crippen molar-refractivity contribution < 1.29 is 25.9 Å². The summed E-state index contributed by atoms with van der Waals surface area (Å²) in [7, 11) is -7.97. The number of hydrogen-bond acceptors (Lipinski definition) is 4. The summed E-state index contributed by atoms with van der Waals surface area (Å²) >= 11 is 0. The van der Waals surface area contributed by atoms with E-state index in [1.54, 1.807) is 0 Å². The summed E-state index contributed by atoms with van der Waals surface area (Å²) in [5.41, 5.74) is -0.314. The van der Waals surface area contributed by atoms with Gasteiger partial charge in [0.05, 0.1) is 11.5 Å². The molecule has 15 heavy (non-hydrogen) atoms. The van der Waals surface area contributed by atoms with Gasteiger partial charge in [0.15, 0.2) is 0 Å². The van der Waals surface area contributed by atoms with Gasteiger partial charge in [0.25, 0.3) is 20.2 Å². The molecule has 0 heterocycles.